The standard InChI is InChI=1S/C10H17N5O/c1-14-3-4-15(2)7(6-14)10-12-8(11)5-9(16)13-10/h5,7H,3-4,6H2,1-2H3,(H3,11,12,13,16). The molecule has 3 N–H and O–H groups in total. The number of nitrogens with one attached hydrogen (secondary N) is 1. The van der Waals surface area contributed by atoms with Crippen molar-refractivity contribution in [3.63, 3.8) is 0 Å². The molecule has 6 nitrogen and oxygen atoms in total. The smallest absolute Gasteiger partial charge is 0.253 e. The summed E-state index contributed by atoms with van der Waals surface area (Å²) in [5.74, 6) is 0.930. The molecule has 1 saturated heterocycles. The van der Waals surface area contributed by atoms with Crippen molar-refractivity contribution >= 4 is 5.82 Å². The number of nitrogens with zero attached hydrogens (tertiary/aromatic N) is 3. The Morgan fingerprint density at radius 1 is 1.50 bits per heavy atom. The second-order valence-electron chi connectivity index (χ2n) is 4.31. The van der Waals surface area contributed by atoms with Gasteiger partial charge in [-0.05, 0) is 14.1 Å². The van der Waals surface area contributed by atoms with Crippen LogP contribution in [-0.2, 0) is 0 Å². The molecule has 0 bridgehead atoms. The molecule has 0 saturated carbocycles. The summed E-state index contributed by atoms with van der Waals surface area (Å²) in [5, 5.41) is 0. The largest absolute Gasteiger partial charge is 0.383 e. The second-order valence-corrected chi connectivity index (χ2v) is 4.31. The van der Waals surface area contributed by atoms with Gasteiger partial charge in [0.05, 0.1) is 6.04 Å². The van der Waals surface area contributed by atoms with E-state index < -0.39 is 0 Å². The minimum atomic E-state index is -0.191. The number of nitrogens with two attached hydrogens (primary N) is 1. The number of anilines is 1. The Morgan fingerprint density at radius 2 is 2.25 bits per heavy atom. The van der Waals surface area contributed by atoms with Crippen molar-refractivity contribution in [2.75, 3.05) is 39.5 Å². The van der Waals surface area contributed by atoms with Crippen LogP contribution in [0, 0.1) is 0 Å². The molecule has 16 heavy (non-hydrogen) atoms. The fourth-order valence-electron chi connectivity index (χ4n) is 1.96. The van der Waals surface area contributed by atoms with E-state index >= 15 is 0 Å². The molecule has 1 atom stereocenters. The van der Waals surface area contributed by atoms with Gasteiger partial charge in [0.2, 0.25) is 0 Å². The lowest BCUT2D eigenvalue weighted by Gasteiger charge is -2.36. The SMILES string of the molecule is CN1CCN(C)C(c2nc(N)cc(=O)[nH]2)C1. The molecule has 88 valence electrons. The van der Waals surface area contributed by atoms with E-state index in [9.17, 15) is 4.79 Å². The highest BCUT2D eigenvalue weighted by Gasteiger charge is 2.25. The van der Waals surface area contributed by atoms with Crippen molar-refractivity contribution < 1.29 is 0 Å². The van der Waals surface area contributed by atoms with Crippen LogP contribution in [-0.4, -0.2) is 53.5 Å². The Morgan fingerprint density at radius 3 is 2.94 bits per heavy atom. The highest BCUT2D eigenvalue weighted by molar-refractivity contribution is 5.26. The first-order chi connectivity index (χ1) is 7.56. The Kier molecular flexibility index (Phi) is 2.93. The van der Waals surface area contributed by atoms with Crippen LogP contribution in [0.2, 0.25) is 0 Å². The third-order valence-electron chi connectivity index (χ3n) is 2.95. The molecule has 1 aromatic heterocycles. The van der Waals surface area contributed by atoms with Gasteiger partial charge in [0, 0.05) is 25.7 Å². The molecule has 0 aromatic carbocycles. The zero-order valence-corrected chi connectivity index (χ0v) is 9.60. The van der Waals surface area contributed by atoms with E-state index in [0.29, 0.717) is 5.82 Å². The summed E-state index contributed by atoms with van der Waals surface area (Å²) in [4.78, 5) is 22.7. The average Bonchev–Trinajstić information content (AvgIpc) is 2.20. The summed E-state index contributed by atoms with van der Waals surface area (Å²) in [7, 11) is 4.09. The number of aromatic nitrogens is 2. The topological polar surface area (TPSA) is 78.2 Å². The van der Waals surface area contributed by atoms with Crippen LogP contribution >= 0.6 is 0 Å². The van der Waals surface area contributed by atoms with Crippen LogP contribution in [0.15, 0.2) is 10.9 Å². The molecule has 2 rings (SSSR count). The normalized spacial score (nSPS) is 23.5. The monoisotopic (exact) mass is 223 g/mol. The van der Waals surface area contributed by atoms with Crippen molar-refractivity contribution in [3.05, 3.63) is 22.2 Å². The Bertz CT molecular complexity index is 429. The highest BCUT2D eigenvalue weighted by atomic mass is 16.1. The van der Waals surface area contributed by atoms with Gasteiger partial charge in [-0.3, -0.25) is 9.69 Å². The molecule has 1 unspecified atom stereocenters. The molecular formula is C10H17N5O. The van der Waals surface area contributed by atoms with E-state index in [-0.39, 0.29) is 17.4 Å². The molecule has 0 radical (unpaired) electrons. The maximum atomic E-state index is 11.3. The average molecular weight is 223 g/mol. The Labute approximate surface area is 94.1 Å². The van der Waals surface area contributed by atoms with Crippen LogP contribution in [0.5, 0.6) is 0 Å². The summed E-state index contributed by atoms with van der Waals surface area (Å²) in [6, 6.07) is 1.41. The second kappa shape index (κ2) is 4.23. The van der Waals surface area contributed by atoms with E-state index in [0.717, 1.165) is 19.6 Å². The van der Waals surface area contributed by atoms with Gasteiger partial charge in [-0.15, -0.1) is 0 Å². The van der Waals surface area contributed by atoms with E-state index in [1.807, 2.05) is 7.05 Å². The summed E-state index contributed by atoms with van der Waals surface area (Å²) >= 11 is 0. The highest BCUT2D eigenvalue weighted by Crippen LogP contribution is 2.19. The maximum absolute atomic E-state index is 11.3. The molecule has 0 amide bonds. The summed E-state index contributed by atoms with van der Waals surface area (Å²) in [6.45, 7) is 2.84. The van der Waals surface area contributed by atoms with Gasteiger partial charge in [0.25, 0.3) is 5.56 Å². The first-order valence-electron chi connectivity index (χ1n) is 5.32. The first-order valence-corrected chi connectivity index (χ1v) is 5.32. The first kappa shape index (κ1) is 11.1. The fourth-order valence-corrected chi connectivity index (χ4v) is 1.96. The lowest BCUT2D eigenvalue weighted by Crippen LogP contribution is -2.45. The molecule has 1 aromatic rings. The zero-order valence-electron chi connectivity index (χ0n) is 9.60. The van der Waals surface area contributed by atoms with Crippen molar-refractivity contribution in [1.29, 1.82) is 0 Å². The third-order valence-corrected chi connectivity index (χ3v) is 2.95. The number of aromatic amines is 1. The van der Waals surface area contributed by atoms with Gasteiger partial charge in [-0.25, -0.2) is 4.98 Å². The van der Waals surface area contributed by atoms with Crippen LogP contribution < -0.4 is 11.3 Å². The van der Waals surface area contributed by atoms with E-state index in [4.69, 9.17) is 5.73 Å². The molecule has 6 heteroatoms. The van der Waals surface area contributed by atoms with Gasteiger partial charge >= 0.3 is 0 Å². The van der Waals surface area contributed by atoms with Gasteiger partial charge < -0.3 is 15.6 Å². The van der Waals surface area contributed by atoms with Crippen molar-refractivity contribution in [2.24, 2.45) is 0 Å². The Hall–Kier alpha value is -1.40. The van der Waals surface area contributed by atoms with Crippen LogP contribution in [0.1, 0.15) is 11.9 Å². The van der Waals surface area contributed by atoms with Crippen molar-refractivity contribution in [2.45, 2.75) is 6.04 Å². The molecule has 1 fully saturated rings. The number of H-pyrrole nitrogens is 1. The van der Waals surface area contributed by atoms with Gasteiger partial charge in [0.1, 0.15) is 11.6 Å². The van der Waals surface area contributed by atoms with Gasteiger partial charge in [0.15, 0.2) is 0 Å². The number of rotatable bonds is 1. The lowest BCUT2D eigenvalue weighted by atomic mass is 10.1. The fraction of sp³-hybridized carbons (Fsp3) is 0.600. The van der Waals surface area contributed by atoms with Crippen molar-refractivity contribution in [1.82, 2.24) is 19.8 Å². The number of nitrogen functional groups attached to an aromatic ring is 1. The van der Waals surface area contributed by atoms with Crippen LogP contribution in [0.3, 0.4) is 0 Å². The number of hydrogen-bond donors (Lipinski definition) is 2. The number of likely N-dealkylation sites (N-methyl/N-ethyl adjacent to an activating group) is 2. The zero-order chi connectivity index (χ0) is 11.7. The molecule has 2 heterocycles. The van der Waals surface area contributed by atoms with Gasteiger partial charge in [-0.2, -0.15) is 0 Å². The van der Waals surface area contributed by atoms with Crippen LogP contribution in [0.4, 0.5) is 5.82 Å². The summed E-state index contributed by atoms with van der Waals surface area (Å²) in [5.41, 5.74) is 5.39. The predicted molar refractivity (Wildman–Crippen MR) is 62.1 cm³/mol. The molecular weight excluding hydrogens is 206 g/mol. The quantitative estimate of drug-likeness (QED) is 0.656. The molecule has 0 aliphatic carbocycles. The predicted octanol–water partition coefficient (Wildman–Crippen LogP) is -0.730. The van der Waals surface area contributed by atoms with E-state index in [1.165, 1.54) is 6.07 Å². The van der Waals surface area contributed by atoms with E-state index in [1.54, 1.807) is 0 Å². The van der Waals surface area contributed by atoms with Gasteiger partial charge in [-0.1, -0.05) is 0 Å². The lowest BCUT2D eigenvalue weighted by molar-refractivity contribution is 0.109. The summed E-state index contributed by atoms with van der Waals surface area (Å²) in [6.07, 6.45) is 0. The van der Waals surface area contributed by atoms with E-state index in [2.05, 4.69) is 26.8 Å². The minimum Gasteiger partial charge on any atom is -0.383 e. The maximum Gasteiger partial charge on any atom is 0.253 e. The third kappa shape index (κ3) is 2.23. The Balaban J connectivity index is 2.31. The number of hydrogen-bond acceptors (Lipinski definition) is 5. The molecule has 1 aliphatic heterocycles. The number of piperazine rings is 1. The van der Waals surface area contributed by atoms with Crippen molar-refractivity contribution in [3.8, 4) is 0 Å². The minimum absolute atomic E-state index is 0.106. The summed E-state index contributed by atoms with van der Waals surface area (Å²) < 4.78 is 0. The molecule has 0 spiro atoms. The molecule has 1 aliphatic rings. The van der Waals surface area contributed by atoms with Crippen LogP contribution in [0.25, 0.3) is 0 Å².